The quantitative estimate of drug-likeness (QED) is 0.276. The zero-order valence-electron chi connectivity index (χ0n) is 19.6. The maximum atomic E-state index is 14.0. The molecule has 7 nitrogen and oxygen atoms in total. The second-order valence-electron chi connectivity index (χ2n) is 8.81. The minimum atomic E-state index is -0.522. The number of nitrogens with two attached hydrogens (primary N) is 1. The van der Waals surface area contributed by atoms with E-state index in [-0.39, 0.29) is 35.6 Å². The fraction of sp³-hybridized carbons (Fsp3) is 0.259. The van der Waals surface area contributed by atoms with Crippen LogP contribution < -0.4 is 11.1 Å². The molecule has 0 saturated carbocycles. The van der Waals surface area contributed by atoms with Crippen molar-refractivity contribution in [2.24, 2.45) is 0 Å². The molecule has 1 atom stereocenters. The number of aryl methyl sites for hydroxylation is 1. The Kier molecular flexibility index (Phi) is 7.31. The van der Waals surface area contributed by atoms with E-state index in [1.807, 2.05) is 11.8 Å². The third-order valence-corrected chi connectivity index (χ3v) is 6.15. The van der Waals surface area contributed by atoms with Crippen LogP contribution in [0.5, 0.6) is 0 Å². The number of aromatic nitrogens is 1. The number of piperidine rings is 1. The number of pyridine rings is 1. The molecule has 1 aromatic heterocycles. The van der Waals surface area contributed by atoms with Crippen molar-refractivity contribution in [3.63, 3.8) is 0 Å². The summed E-state index contributed by atoms with van der Waals surface area (Å²) in [6.07, 6.45) is 3.23. The Labute approximate surface area is 203 Å². The van der Waals surface area contributed by atoms with Crippen molar-refractivity contribution in [3.05, 3.63) is 94.6 Å². The first-order chi connectivity index (χ1) is 16.8. The molecule has 2 heterocycles. The van der Waals surface area contributed by atoms with Crippen molar-refractivity contribution in [1.29, 1.82) is 5.41 Å². The summed E-state index contributed by atoms with van der Waals surface area (Å²) in [4.78, 5) is 31.7. The highest BCUT2D eigenvalue weighted by Crippen LogP contribution is 2.20. The van der Waals surface area contributed by atoms with Gasteiger partial charge in [-0.3, -0.25) is 24.9 Å². The van der Waals surface area contributed by atoms with Crippen LogP contribution in [0.4, 0.5) is 10.1 Å². The molecular formula is C27H28FN5O2. The topological polar surface area (TPSA) is 112 Å². The van der Waals surface area contributed by atoms with Gasteiger partial charge in [0, 0.05) is 46.9 Å². The highest BCUT2D eigenvalue weighted by molar-refractivity contribution is 6.14. The zero-order chi connectivity index (χ0) is 24.9. The van der Waals surface area contributed by atoms with E-state index in [2.05, 4.69) is 10.3 Å². The molecule has 3 aromatic rings. The van der Waals surface area contributed by atoms with E-state index in [0.717, 1.165) is 18.5 Å². The highest BCUT2D eigenvalue weighted by Gasteiger charge is 2.25. The lowest BCUT2D eigenvalue weighted by Crippen LogP contribution is -2.49. The number of hydrogen-bond acceptors (Lipinski definition) is 6. The van der Waals surface area contributed by atoms with E-state index in [1.54, 1.807) is 48.7 Å². The number of nitrogens with one attached hydrogen (secondary N) is 2. The van der Waals surface area contributed by atoms with Crippen LogP contribution in [0.15, 0.2) is 60.8 Å². The van der Waals surface area contributed by atoms with Crippen LogP contribution in [0, 0.1) is 18.2 Å². The van der Waals surface area contributed by atoms with Gasteiger partial charge in [-0.05, 0) is 68.8 Å². The lowest BCUT2D eigenvalue weighted by Gasteiger charge is -2.32. The second kappa shape index (κ2) is 10.6. The van der Waals surface area contributed by atoms with Gasteiger partial charge in [0.1, 0.15) is 5.82 Å². The van der Waals surface area contributed by atoms with Gasteiger partial charge in [0.2, 0.25) is 0 Å². The first-order valence-corrected chi connectivity index (χ1v) is 11.5. The third kappa shape index (κ3) is 5.78. The number of Topliss-reactive ketones (excluding diaryl/α,β-unsaturated/α-hetero) is 1. The predicted molar refractivity (Wildman–Crippen MR) is 133 cm³/mol. The van der Waals surface area contributed by atoms with Crippen molar-refractivity contribution in [1.82, 2.24) is 15.2 Å². The van der Waals surface area contributed by atoms with Gasteiger partial charge in [-0.1, -0.05) is 12.1 Å². The van der Waals surface area contributed by atoms with Crippen LogP contribution in [0.2, 0.25) is 0 Å². The summed E-state index contributed by atoms with van der Waals surface area (Å²) in [5, 5.41) is 11.6. The van der Waals surface area contributed by atoms with E-state index in [1.165, 1.54) is 12.1 Å². The summed E-state index contributed by atoms with van der Waals surface area (Å²) in [7, 11) is 0. The van der Waals surface area contributed by atoms with Gasteiger partial charge in [-0.25, -0.2) is 4.39 Å². The lowest BCUT2D eigenvalue weighted by molar-refractivity contribution is 0.0859. The van der Waals surface area contributed by atoms with Gasteiger partial charge in [0.25, 0.3) is 5.91 Å². The summed E-state index contributed by atoms with van der Waals surface area (Å²) in [5.74, 6) is -1.06. The molecule has 0 spiro atoms. The number of benzene rings is 2. The Bertz CT molecular complexity index is 1280. The third-order valence-electron chi connectivity index (χ3n) is 6.15. The van der Waals surface area contributed by atoms with Crippen molar-refractivity contribution in [2.75, 3.05) is 25.4 Å². The number of halogens is 1. The number of ketones is 1. The molecule has 1 unspecified atom stereocenters. The highest BCUT2D eigenvalue weighted by atomic mass is 19.1. The minimum absolute atomic E-state index is 0.0832. The minimum Gasteiger partial charge on any atom is -0.398 e. The molecule has 35 heavy (non-hydrogen) atoms. The fourth-order valence-electron chi connectivity index (χ4n) is 4.33. The van der Waals surface area contributed by atoms with E-state index < -0.39 is 5.82 Å². The normalized spacial score (nSPS) is 16.0. The molecule has 1 saturated heterocycles. The summed E-state index contributed by atoms with van der Waals surface area (Å²) < 4.78 is 14.0. The molecule has 0 bridgehead atoms. The molecule has 4 rings (SSSR count). The van der Waals surface area contributed by atoms with E-state index in [4.69, 9.17) is 11.1 Å². The number of rotatable bonds is 7. The summed E-state index contributed by atoms with van der Waals surface area (Å²) >= 11 is 0. The Hall–Kier alpha value is -3.91. The molecule has 1 fully saturated rings. The largest absolute Gasteiger partial charge is 0.398 e. The molecule has 1 amide bonds. The van der Waals surface area contributed by atoms with Crippen molar-refractivity contribution < 1.29 is 14.0 Å². The molecule has 2 aromatic carbocycles. The number of anilines is 1. The van der Waals surface area contributed by atoms with Gasteiger partial charge >= 0.3 is 0 Å². The number of nitrogen functional groups attached to an aromatic ring is 1. The number of nitrogens with zero attached hydrogens (tertiary/aromatic N) is 2. The van der Waals surface area contributed by atoms with Crippen LogP contribution >= 0.6 is 0 Å². The molecular weight excluding hydrogens is 445 g/mol. The molecule has 0 radical (unpaired) electrons. The maximum Gasteiger partial charge on any atom is 0.251 e. The summed E-state index contributed by atoms with van der Waals surface area (Å²) in [6, 6.07) is 14.3. The van der Waals surface area contributed by atoms with Crippen LogP contribution in [0.1, 0.15) is 50.4 Å². The molecule has 0 aliphatic carbocycles. The Morgan fingerprint density at radius 1 is 1.14 bits per heavy atom. The zero-order valence-corrected chi connectivity index (χ0v) is 19.6. The SMILES string of the molecule is Cc1cc(C(=N)c2cc(C(=O)NC3CCCN(CC(=O)c4ccccc4F)C3)ccc2N)ccn1. The molecule has 1 aliphatic rings. The van der Waals surface area contributed by atoms with Gasteiger partial charge < -0.3 is 11.1 Å². The predicted octanol–water partition coefficient (Wildman–Crippen LogP) is 3.60. The smallest absolute Gasteiger partial charge is 0.251 e. The van der Waals surface area contributed by atoms with Crippen molar-refractivity contribution >= 4 is 23.1 Å². The standard InChI is InChI=1S/C27H28FN5O2/c1-17-13-18(10-11-31-17)26(30)22-14-19(8-9-24(22)29)27(35)32-20-5-4-12-33(15-20)16-25(34)21-6-2-3-7-23(21)28/h2-3,6-11,13-14,20,30H,4-5,12,15-16,29H2,1H3,(H,32,35). The first kappa shape index (κ1) is 24.2. The first-order valence-electron chi connectivity index (χ1n) is 11.5. The van der Waals surface area contributed by atoms with E-state index in [0.29, 0.717) is 35.5 Å². The molecule has 1 aliphatic heterocycles. The van der Waals surface area contributed by atoms with E-state index >= 15 is 0 Å². The lowest BCUT2D eigenvalue weighted by atomic mass is 9.98. The van der Waals surface area contributed by atoms with Crippen LogP contribution in [-0.4, -0.2) is 53.0 Å². The maximum absolute atomic E-state index is 14.0. The number of amides is 1. The fourth-order valence-corrected chi connectivity index (χ4v) is 4.33. The Morgan fingerprint density at radius 2 is 1.94 bits per heavy atom. The van der Waals surface area contributed by atoms with Gasteiger partial charge in [-0.2, -0.15) is 0 Å². The van der Waals surface area contributed by atoms with Crippen molar-refractivity contribution in [2.45, 2.75) is 25.8 Å². The Morgan fingerprint density at radius 3 is 2.71 bits per heavy atom. The number of hydrogen-bond donors (Lipinski definition) is 3. The average Bonchev–Trinajstić information content (AvgIpc) is 2.84. The molecule has 180 valence electrons. The molecule has 8 heteroatoms. The Balaban J connectivity index is 1.42. The van der Waals surface area contributed by atoms with E-state index in [9.17, 15) is 14.0 Å². The van der Waals surface area contributed by atoms with Gasteiger partial charge in [0.05, 0.1) is 17.8 Å². The van der Waals surface area contributed by atoms with Crippen LogP contribution in [0.25, 0.3) is 0 Å². The van der Waals surface area contributed by atoms with Gasteiger partial charge in [0.15, 0.2) is 5.78 Å². The monoisotopic (exact) mass is 473 g/mol. The van der Waals surface area contributed by atoms with Gasteiger partial charge in [-0.15, -0.1) is 0 Å². The second-order valence-corrected chi connectivity index (χ2v) is 8.81. The number of carbonyl (C=O) groups excluding carboxylic acids is 2. The van der Waals surface area contributed by atoms with Crippen LogP contribution in [0.3, 0.4) is 0 Å². The summed E-state index contributed by atoms with van der Waals surface area (Å²) in [5.41, 5.74) is 9.18. The average molecular weight is 474 g/mol. The number of likely N-dealkylation sites (tertiary alicyclic amines) is 1. The summed E-state index contributed by atoms with van der Waals surface area (Å²) in [6.45, 7) is 3.16. The molecule has 4 N–H and O–H groups in total. The van der Waals surface area contributed by atoms with Crippen LogP contribution in [-0.2, 0) is 0 Å². The van der Waals surface area contributed by atoms with Crippen molar-refractivity contribution in [3.8, 4) is 0 Å². The number of carbonyl (C=O) groups is 2.